The highest BCUT2D eigenvalue weighted by atomic mass is 16.6. The molecule has 0 radical (unpaired) electrons. The average molecular weight is 499 g/mol. The SMILES string of the molecule is CCCCOC(=O)c1cc(N)ccc1C(C(=O)OCCCC)(C(=O)OCCCC)c1ccc(N)cc1. The van der Waals surface area contributed by atoms with Crippen LogP contribution in [0.2, 0.25) is 0 Å². The molecule has 2 aromatic carbocycles. The van der Waals surface area contributed by atoms with Gasteiger partial charge in [0.25, 0.3) is 0 Å². The minimum absolute atomic E-state index is 0.00260. The Morgan fingerprint density at radius 3 is 1.67 bits per heavy atom. The van der Waals surface area contributed by atoms with Crippen LogP contribution in [0.3, 0.4) is 0 Å². The molecule has 0 aliphatic rings. The summed E-state index contributed by atoms with van der Waals surface area (Å²) in [5, 5.41) is 0. The van der Waals surface area contributed by atoms with Crippen LogP contribution in [-0.2, 0) is 29.2 Å². The van der Waals surface area contributed by atoms with Crippen molar-refractivity contribution in [3.8, 4) is 0 Å². The van der Waals surface area contributed by atoms with E-state index >= 15 is 0 Å². The van der Waals surface area contributed by atoms with E-state index in [-0.39, 0.29) is 42.2 Å². The molecule has 0 fully saturated rings. The number of hydrogen-bond donors (Lipinski definition) is 2. The summed E-state index contributed by atoms with van der Waals surface area (Å²) in [6.45, 7) is 6.32. The Hall–Kier alpha value is -3.55. The molecule has 2 aromatic rings. The molecule has 0 aromatic heterocycles. The van der Waals surface area contributed by atoms with Crippen molar-refractivity contribution in [1.82, 2.24) is 0 Å². The lowest BCUT2D eigenvalue weighted by molar-refractivity contribution is -0.163. The third-order valence-corrected chi connectivity index (χ3v) is 5.82. The number of ether oxygens (including phenoxy) is 3. The maximum Gasteiger partial charge on any atom is 0.338 e. The van der Waals surface area contributed by atoms with Crippen molar-refractivity contribution in [2.45, 2.75) is 64.7 Å². The summed E-state index contributed by atoms with van der Waals surface area (Å²) in [5.41, 5.74) is 10.9. The molecular formula is C28H38N2O6. The molecule has 0 saturated carbocycles. The van der Waals surface area contributed by atoms with Gasteiger partial charge in [0, 0.05) is 11.4 Å². The maximum absolute atomic E-state index is 13.9. The standard InChI is InChI=1S/C28H38N2O6/c1-4-7-16-34-25(31)23-19-22(30)14-15-24(23)28(26(32)35-17-8-5-2,27(33)36-18-9-6-3)20-10-12-21(29)13-11-20/h10-15,19H,4-9,16-18,29-30H2,1-3H3. The summed E-state index contributed by atoms with van der Waals surface area (Å²) in [7, 11) is 0. The fraction of sp³-hybridized carbons (Fsp3) is 0.464. The fourth-order valence-electron chi connectivity index (χ4n) is 3.71. The number of rotatable bonds is 14. The van der Waals surface area contributed by atoms with Crippen molar-refractivity contribution in [1.29, 1.82) is 0 Å². The summed E-state index contributed by atoms with van der Waals surface area (Å²) < 4.78 is 16.7. The molecule has 2 rings (SSSR count). The Bertz CT molecular complexity index is 997. The second kappa shape index (κ2) is 14.1. The van der Waals surface area contributed by atoms with Gasteiger partial charge in [0.05, 0.1) is 25.4 Å². The first-order chi connectivity index (χ1) is 17.3. The van der Waals surface area contributed by atoms with Crippen LogP contribution < -0.4 is 11.5 Å². The van der Waals surface area contributed by atoms with Gasteiger partial charge in [-0.3, -0.25) is 9.59 Å². The molecule has 0 aliphatic heterocycles. The van der Waals surface area contributed by atoms with Gasteiger partial charge in [0.1, 0.15) is 0 Å². The molecule has 196 valence electrons. The molecule has 36 heavy (non-hydrogen) atoms. The molecule has 4 N–H and O–H groups in total. The predicted molar refractivity (Wildman–Crippen MR) is 139 cm³/mol. The second-order valence-electron chi connectivity index (χ2n) is 8.65. The normalized spacial score (nSPS) is 11.1. The minimum atomic E-state index is -2.08. The Labute approximate surface area is 213 Å². The van der Waals surface area contributed by atoms with Gasteiger partial charge in [-0.05, 0) is 54.7 Å². The zero-order valence-corrected chi connectivity index (χ0v) is 21.5. The van der Waals surface area contributed by atoms with Gasteiger partial charge in [0.2, 0.25) is 5.41 Å². The van der Waals surface area contributed by atoms with Crippen molar-refractivity contribution in [2.24, 2.45) is 0 Å². The van der Waals surface area contributed by atoms with Crippen LogP contribution in [0.4, 0.5) is 11.4 Å². The number of carbonyl (C=O) groups is 3. The first-order valence-corrected chi connectivity index (χ1v) is 12.6. The van der Waals surface area contributed by atoms with Crippen molar-refractivity contribution in [3.63, 3.8) is 0 Å². The minimum Gasteiger partial charge on any atom is -0.464 e. The molecule has 0 spiro atoms. The fourth-order valence-corrected chi connectivity index (χ4v) is 3.71. The van der Waals surface area contributed by atoms with Crippen LogP contribution in [-0.4, -0.2) is 37.7 Å². The first-order valence-electron chi connectivity index (χ1n) is 12.6. The lowest BCUT2D eigenvalue weighted by Crippen LogP contribution is -2.48. The van der Waals surface area contributed by atoms with E-state index in [9.17, 15) is 14.4 Å². The number of anilines is 2. The summed E-state index contributed by atoms with van der Waals surface area (Å²) in [5.74, 6) is -2.36. The van der Waals surface area contributed by atoms with Crippen LogP contribution in [0.15, 0.2) is 42.5 Å². The Kier molecular flexibility index (Phi) is 11.2. The van der Waals surface area contributed by atoms with Gasteiger partial charge in [0.15, 0.2) is 0 Å². The van der Waals surface area contributed by atoms with E-state index in [2.05, 4.69) is 0 Å². The van der Waals surface area contributed by atoms with Crippen LogP contribution >= 0.6 is 0 Å². The molecule has 0 aliphatic carbocycles. The van der Waals surface area contributed by atoms with E-state index in [1.54, 1.807) is 24.3 Å². The summed E-state index contributed by atoms with van der Waals surface area (Å²) >= 11 is 0. The summed E-state index contributed by atoms with van der Waals surface area (Å²) in [6.07, 6.45) is 4.31. The molecule has 0 bridgehead atoms. The zero-order valence-electron chi connectivity index (χ0n) is 21.5. The van der Waals surface area contributed by atoms with Crippen LogP contribution in [0, 0.1) is 0 Å². The highest BCUT2D eigenvalue weighted by Crippen LogP contribution is 2.39. The van der Waals surface area contributed by atoms with Gasteiger partial charge in [-0.15, -0.1) is 0 Å². The van der Waals surface area contributed by atoms with Crippen molar-refractivity contribution < 1.29 is 28.6 Å². The maximum atomic E-state index is 13.9. The van der Waals surface area contributed by atoms with Gasteiger partial charge in [-0.1, -0.05) is 58.2 Å². The van der Waals surface area contributed by atoms with Crippen LogP contribution in [0.25, 0.3) is 0 Å². The van der Waals surface area contributed by atoms with E-state index in [4.69, 9.17) is 25.7 Å². The third kappa shape index (κ3) is 6.77. The lowest BCUT2D eigenvalue weighted by Gasteiger charge is -2.32. The molecule has 0 atom stereocenters. The summed E-state index contributed by atoms with van der Waals surface area (Å²) in [4.78, 5) is 41.0. The van der Waals surface area contributed by atoms with Crippen LogP contribution in [0.1, 0.15) is 80.8 Å². The Balaban J connectivity index is 2.79. The molecule has 0 amide bonds. The van der Waals surface area contributed by atoms with E-state index in [0.29, 0.717) is 24.9 Å². The number of nitrogens with two attached hydrogens (primary N) is 2. The monoisotopic (exact) mass is 498 g/mol. The summed E-state index contributed by atoms with van der Waals surface area (Å²) in [6, 6.07) is 10.7. The third-order valence-electron chi connectivity index (χ3n) is 5.82. The van der Waals surface area contributed by atoms with E-state index < -0.39 is 23.3 Å². The van der Waals surface area contributed by atoms with Crippen molar-refractivity contribution >= 4 is 29.3 Å². The topological polar surface area (TPSA) is 131 Å². The number of unbranched alkanes of at least 4 members (excludes halogenated alkanes) is 3. The van der Waals surface area contributed by atoms with E-state index in [0.717, 1.165) is 19.3 Å². The molecular weight excluding hydrogens is 460 g/mol. The van der Waals surface area contributed by atoms with Gasteiger partial charge < -0.3 is 25.7 Å². The number of nitrogen functional groups attached to an aromatic ring is 2. The number of hydrogen-bond acceptors (Lipinski definition) is 8. The highest BCUT2D eigenvalue weighted by Gasteiger charge is 2.54. The Morgan fingerprint density at radius 2 is 1.17 bits per heavy atom. The van der Waals surface area contributed by atoms with Gasteiger partial charge >= 0.3 is 17.9 Å². The predicted octanol–water partition coefficient (Wildman–Crippen LogP) is 4.78. The van der Waals surface area contributed by atoms with Crippen LogP contribution in [0.5, 0.6) is 0 Å². The molecule has 8 heteroatoms. The largest absolute Gasteiger partial charge is 0.464 e. The second-order valence-corrected chi connectivity index (χ2v) is 8.65. The number of carbonyl (C=O) groups excluding carboxylic acids is 3. The molecule has 0 unspecified atom stereocenters. The Morgan fingerprint density at radius 1 is 0.694 bits per heavy atom. The average Bonchev–Trinajstić information content (AvgIpc) is 2.86. The highest BCUT2D eigenvalue weighted by molar-refractivity contribution is 6.12. The van der Waals surface area contributed by atoms with E-state index in [1.165, 1.54) is 18.2 Å². The molecule has 8 nitrogen and oxygen atoms in total. The molecule has 0 saturated heterocycles. The number of benzene rings is 2. The zero-order chi connectivity index (χ0) is 26.6. The smallest absolute Gasteiger partial charge is 0.338 e. The van der Waals surface area contributed by atoms with Gasteiger partial charge in [-0.2, -0.15) is 0 Å². The molecule has 0 heterocycles. The quantitative estimate of drug-likeness (QED) is 0.125. The lowest BCUT2D eigenvalue weighted by atomic mass is 9.72. The first kappa shape index (κ1) is 28.7. The van der Waals surface area contributed by atoms with Crippen molar-refractivity contribution in [2.75, 3.05) is 31.3 Å². The van der Waals surface area contributed by atoms with E-state index in [1.807, 2.05) is 20.8 Å². The van der Waals surface area contributed by atoms with Gasteiger partial charge in [-0.25, -0.2) is 4.79 Å². The number of esters is 3. The van der Waals surface area contributed by atoms with Crippen molar-refractivity contribution in [3.05, 3.63) is 59.2 Å².